The summed E-state index contributed by atoms with van der Waals surface area (Å²) in [5, 5.41) is 6.10. The summed E-state index contributed by atoms with van der Waals surface area (Å²) in [5.41, 5.74) is 2.94. The fourth-order valence-electron chi connectivity index (χ4n) is 4.75. The van der Waals surface area contributed by atoms with Gasteiger partial charge in [-0.2, -0.15) is 0 Å². The Morgan fingerprint density at radius 1 is 0.932 bits per heavy atom. The van der Waals surface area contributed by atoms with Crippen LogP contribution in [-0.2, 0) is 20.9 Å². The zero-order valence-electron chi connectivity index (χ0n) is 23.5. The first kappa shape index (κ1) is 29.0. The maximum absolute atomic E-state index is 13.6. The van der Waals surface area contributed by atoms with Crippen molar-refractivity contribution < 1.29 is 28.2 Å². The number of ether oxygens (including phenoxy) is 2. The number of fused-ring (bicyclic) bond motifs is 1. The fraction of sp³-hybridized carbons (Fsp3) is 0.152. The molecule has 2 N–H and O–H groups in total. The van der Waals surface area contributed by atoms with Crippen LogP contribution in [0.5, 0.6) is 5.75 Å². The first-order chi connectivity index (χ1) is 21.4. The number of rotatable bonds is 10. The van der Waals surface area contributed by atoms with Crippen LogP contribution >= 0.6 is 11.3 Å². The van der Waals surface area contributed by atoms with Crippen LogP contribution in [-0.4, -0.2) is 42.0 Å². The van der Waals surface area contributed by atoms with Crippen molar-refractivity contribution in [3.8, 4) is 5.75 Å². The number of epoxide rings is 1. The lowest BCUT2D eigenvalue weighted by atomic mass is 10.1. The van der Waals surface area contributed by atoms with Gasteiger partial charge in [-0.3, -0.25) is 19.7 Å². The average Bonchev–Trinajstić information content (AvgIpc) is 3.69. The van der Waals surface area contributed by atoms with E-state index in [1.54, 1.807) is 60.7 Å². The van der Waals surface area contributed by atoms with Crippen LogP contribution in [0.2, 0.25) is 0 Å². The van der Waals surface area contributed by atoms with Gasteiger partial charge in [-0.25, -0.2) is 9.37 Å². The number of nitrogens with zero attached hydrogens (tertiary/aromatic N) is 2. The molecule has 3 amide bonds. The number of nitrogens with one attached hydrogen (secondary N) is 2. The highest BCUT2D eigenvalue weighted by Gasteiger charge is 2.47. The van der Waals surface area contributed by atoms with Crippen molar-refractivity contribution >= 4 is 55.8 Å². The van der Waals surface area contributed by atoms with E-state index < -0.39 is 12.2 Å². The van der Waals surface area contributed by atoms with E-state index >= 15 is 0 Å². The average molecular weight is 611 g/mol. The van der Waals surface area contributed by atoms with E-state index in [0.717, 1.165) is 10.2 Å². The van der Waals surface area contributed by atoms with Crippen molar-refractivity contribution in [3.63, 3.8) is 0 Å². The third kappa shape index (κ3) is 6.59. The zero-order chi connectivity index (χ0) is 30.6. The molecule has 2 heterocycles. The predicted octanol–water partition coefficient (Wildman–Crippen LogP) is 6.03. The summed E-state index contributed by atoms with van der Waals surface area (Å²) < 4.78 is 25.4. The normalized spacial score (nSPS) is 15.4. The second-order valence-electron chi connectivity index (χ2n) is 10.1. The molecule has 1 fully saturated rings. The lowest BCUT2D eigenvalue weighted by Crippen LogP contribution is -2.32. The predicted molar refractivity (Wildman–Crippen MR) is 167 cm³/mol. The number of hydrogen-bond donors (Lipinski definition) is 2. The third-order valence-electron chi connectivity index (χ3n) is 7.09. The summed E-state index contributed by atoms with van der Waals surface area (Å²) in [7, 11) is 1.51. The van der Waals surface area contributed by atoms with E-state index in [0.29, 0.717) is 33.4 Å². The molecule has 0 spiro atoms. The molecule has 1 saturated heterocycles. The maximum atomic E-state index is 13.6. The Labute approximate surface area is 256 Å². The number of carbonyl (C=O) groups is 3. The summed E-state index contributed by atoms with van der Waals surface area (Å²) in [6.07, 6.45) is -1.44. The minimum Gasteiger partial charge on any atom is -0.495 e. The Kier molecular flexibility index (Phi) is 8.31. The van der Waals surface area contributed by atoms with Gasteiger partial charge in [0.2, 0.25) is 5.91 Å². The number of para-hydroxylation sites is 3. The van der Waals surface area contributed by atoms with Gasteiger partial charge in [0.25, 0.3) is 11.8 Å². The van der Waals surface area contributed by atoms with E-state index in [1.807, 2.05) is 24.3 Å². The van der Waals surface area contributed by atoms with Crippen LogP contribution in [0.1, 0.15) is 22.3 Å². The number of anilines is 3. The molecule has 2 atom stereocenters. The van der Waals surface area contributed by atoms with E-state index in [9.17, 15) is 18.8 Å². The molecule has 4 aromatic carbocycles. The van der Waals surface area contributed by atoms with Gasteiger partial charge in [0.05, 0.1) is 36.0 Å². The van der Waals surface area contributed by atoms with Crippen molar-refractivity contribution in [1.29, 1.82) is 0 Å². The van der Waals surface area contributed by atoms with E-state index in [1.165, 1.54) is 35.5 Å². The SMILES string of the molecule is COc1ccccc1NC(=O)[C@H]1OC1CC(=O)N(Cc1ccc(F)cc1)c1ccc(C(=O)Nc2nc3ccccc3s2)cc1. The van der Waals surface area contributed by atoms with Crippen LogP contribution in [0.15, 0.2) is 97.1 Å². The largest absolute Gasteiger partial charge is 0.495 e. The first-order valence-electron chi connectivity index (χ1n) is 13.8. The maximum Gasteiger partial charge on any atom is 0.257 e. The monoisotopic (exact) mass is 610 g/mol. The summed E-state index contributed by atoms with van der Waals surface area (Å²) in [6, 6.07) is 27.1. The van der Waals surface area contributed by atoms with Crippen LogP contribution in [0, 0.1) is 5.82 Å². The number of aromatic nitrogens is 1. The highest BCUT2D eigenvalue weighted by molar-refractivity contribution is 7.22. The fourth-order valence-corrected chi connectivity index (χ4v) is 5.61. The molecule has 44 heavy (non-hydrogen) atoms. The summed E-state index contributed by atoms with van der Waals surface area (Å²) in [4.78, 5) is 45.3. The van der Waals surface area contributed by atoms with Gasteiger partial charge in [-0.15, -0.1) is 0 Å². The second kappa shape index (κ2) is 12.6. The number of hydrogen-bond acceptors (Lipinski definition) is 7. The van der Waals surface area contributed by atoms with Crippen molar-refractivity contribution in [1.82, 2.24) is 4.98 Å². The molecule has 0 aliphatic carbocycles. The standard InChI is InChI=1S/C33H27FN4O5S/c1-42-26-8-4-2-6-24(26)35-32(41)30-27(43-30)18-29(39)38(19-20-10-14-22(34)15-11-20)23-16-12-21(13-17-23)31(40)37-33-36-25-7-3-5-9-28(25)44-33/h2-17,27,30H,18-19H2,1H3,(H,35,41)(H,36,37,40)/t27?,30-/m0/s1. The first-order valence-corrected chi connectivity index (χ1v) is 14.6. The molecule has 1 aromatic heterocycles. The van der Waals surface area contributed by atoms with E-state index in [2.05, 4.69) is 15.6 Å². The number of benzene rings is 4. The zero-order valence-corrected chi connectivity index (χ0v) is 24.3. The minimum absolute atomic E-state index is 0.0505. The molecule has 5 aromatic rings. The lowest BCUT2D eigenvalue weighted by Gasteiger charge is -2.23. The summed E-state index contributed by atoms with van der Waals surface area (Å²) in [6.45, 7) is 0.154. The van der Waals surface area contributed by atoms with Crippen LogP contribution in [0.25, 0.3) is 10.2 Å². The molecule has 0 bridgehead atoms. The van der Waals surface area contributed by atoms with Crippen LogP contribution in [0.3, 0.4) is 0 Å². The smallest absolute Gasteiger partial charge is 0.257 e. The molecular formula is C33H27FN4O5S. The molecule has 1 unspecified atom stereocenters. The van der Waals surface area contributed by atoms with Gasteiger partial charge >= 0.3 is 0 Å². The third-order valence-corrected chi connectivity index (χ3v) is 8.04. The highest BCUT2D eigenvalue weighted by atomic mass is 32.1. The molecule has 0 saturated carbocycles. The number of halogens is 1. The minimum atomic E-state index is -0.787. The molecule has 9 nitrogen and oxygen atoms in total. The number of amides is 3. The van der Waals surface area contributed by atoms with Gasteiger partial charge in [-0.05, 0) is 66.2 Å². The van der Waals surface area contributed by atoms with Crippen molar-refractivity contribution in [3.05, 3.63) is 114 Å². The Morgan fingerprint density at radius 2 is 1.66 bits per heavy atom. The highest BCUT2D eigenvalue weighted by Crippen LogP contribution is 2.31. The lowest BCUT2D eigenvalue weighted by molar-refractivity contribution is -0.119. The molecular weight excluding hydrogens is 583 g/mol. The van der Waals surface area contributed by atoms with Crippen LogP contribution in [0.4, 0.5) is 20.9 Å². The van der Waals surface area contributed by atoms with E-state index in [-0.39, 0.29) is 36.5 Å². The topological polar surface area (TPSA) is 113 Å². The number of methoxy groups -OCH3 is 1. The molecule has 6 rings (SSSR count). The summed E-state index contributed by atoms with van der Waals surface area (Å²) in [5.74, 6) is -0.871. The van der Waals surface area contributed by atoms with Gasteiger partial charge in [0.1, 0.15) is 17.7 Å². The molecule has 11 heteroatoms. The van der Waals surface area contributed by atoms with Crippen molar-refractivity contribution in [2.45, 2.75) is 25.2 Å². The van der Waals surface area contributed by atoms with Gasteiger partial charge in [0, 0.05) is 11.3 Å². The van der Waals surface area contributed by atoms with E-state index in [4.69, 9.17) is 9.47 Å². The Hall–Kier alpha value is -5.13. The molecule has 1 aliphatic heterocycles. The van der Waals surface area contributed by atoms with Gasteiger partial charge in [0.15, 0.2) is 11.2 Å². The molecule has 0 radical (unpaired) electrons. The second-order valence-corrected chi connectivity index (χ2v) is 11.1. The van der Waals surface area contributed by atoms with Gasteiger partial charge in [-0.1, -0.05) is 47.7 Å². The number of thiazole rings is 1. The van der Waals surface area contributed by atoms with Gasteiger partial charge < -0.3 is 19.7 Å². The van der Waals surface area contributed by atoms with Crippen molar-refractivity contribution in [2.75, 3.05) is 22.6 Å². The molecule has 1 aliphatic rings. The van der Waals surface area contributed by atoms with Crippen LogP contribution < -0.4 is 20.3 Å². The number of carbonyl (C=O) groups excluding carboxylic acids is 3. The Morgan fingerprint density at radius 3 is 2.41 bits per heavy atom. The van der Waals surface area contributed by atoms with Crippen molar-refractivity contribution in [2.24, 2.45) is 0 Å². The molecule has 222 valence electrons. The Balaban J connectivity index is 1.14. The quantitative estimate of drug-likeness (QED) is 0.187. The Bertz CT molecular complexity index is 1790. The summed E-state index contributed by atoms with van der Waals surface area (Å²) >= 11 is 1.38.